The second-order valence-corrected chi connectivity index (χ2v) is 4.63. The summed E-state index contributed by atoms with van der Waals surface area (Å²) in [5.41, 5.74) is 0. The van der Waals surface area contributed by atoms with Crippen molar-refractivity contribution in [2.75, 3.05) is 0 Å². The number of amidine groups is 1. The van der Waals surface area contributed by atoms with E-state index in [9.17, 15) is 0 Å². The monoisotopic (exact) mass is 210 g/mol. The van der Waals surface area contributed by atoms with Crippen LogP contribution in [-0.2, 0) is 6.54 Å². The quantitative estimate of drug-likeness (QED) is 0.599. The van der Waals surface area contributed by atoms with E-state index in [0.29, 0.717) is 6.04 Å². The molecule has 1 aromatic heterocycles. The molecule has 0 fully saturated rings. The highest BCUT2D eigenvalue weighted by Crippen LogP contribution is 2.14. The molecule has 78 valence electrons. The van der Waals surface area contributed by atoms with Crippen molar-refractivity contribution in [3.63, 3.8) is 0 Å². The van der Waals surface area contributed by atoms with Crippen LogP contribution in [0.5, 0.6) is 0 Å². The molecule has 0 saturated heterocycles. The molecule has 0 amide bonds. The van der Waals surface area contributed by atoms with Gasteiger partial charge in [-0.15, -0.1) is 11.3 Å². The van der Waals surface area contributed by atoms with Crippen molar-refractivity contribution >= 4 is 17.2 Å². The van der Waals surface area contributed by atoms with Crippen molar-refractivity contribution in [1.29, 1.82) is 5.41 Å². The summed E-state index contributed by atoms with van der Waals surface area (Å²) >= 11 is 1.76. The summed E-state index contributed by atoms with van der Waals surface area (Å²) in [6.07, 6.45) is 0.809. The zero-order chi connectivity index (χ0) is 10.6. The van der Waals surface area contributed by atoms with Gasteiger partial charge in [-0.1, -0.05) is 13.0 Å². The molecular weight excluding hydrogens is 192 g/mol. The van der Waals surface area contributed by atoms with Crippen molar-refractivity contribution in [1.82, 2.24) is 4.90 Å². The Bertz CT molecular complexity index is 277. The smallest absolute Gasteiger partial charge is 0.0960 e. The van der Waals surface area contributed by atoms with Gasteiger partial charge in [0.25, 0.3) is 0 Å². The first-order valence-electron chi connectivity index (χ1n) is 5.01. The van der Waals surface area contributed by atoms with Crippen molar-refractivity contribution in [2.45, 2.75) is 39.8 Å². The van der Waals surface area contributed by atoms with Crippen LogP contribution in [0.4, 0.5) is 0 Å². The molecule has 0 aliphatic heterocycles. The van der Waals surface area contributed by atoms with Crippen LogP contribution < -0.4 is 0 Å². The molecule has 0 aromatic carbocycles. The molecule has 14 heavy (non-hydrogen) atoms. The molecule has 0 bridgehead atoms. The highest BCUT2D eigenvalue weighted by Gasteiger charge is 2.12. The number of hydrogen-bond acceptors (Lipinski definition) is 2. The summed E-state index contributed by atoms with van der Waals surface area (Å²) in [5.74, 6) is 0.730. The number of thiophene rings is 1. The van der Waals surface area contributed by atoms with E-state index in [1.54, 1.807) is 11.3 Å². The third kappa shape index (κ3) is 2.84. The zero-order valence-corrected chi connectivity index (χ0v) is 9.90. The molecule has 0 aliphatic carbocycles. The van der Waals surface area contributed by atoms with E-state index in [1.807, 2.05) is 6.92 Å². The fraction of sp³-hybridized carbons (Fsp3) is 0.545. The molecule has 0 radical (unpaired) electrons. The SMILES string of the molecule is CCC(=N)N(Cc1cccs1)C(C)C. The number of hydrogen-bond donors (Lipinski definition) is 1. The van der Waals surface area contributed by atoms with E-state index < -0.39 is 0 Å². The van der Waals surface area contributed by atoms with Gasteiger partial charge >= 0.3 is 0 Å². The van der Waals surface area contributed by atoms with E-state index in [-0.39, 0.29) is 0 Å². The predicted molar refractivity (Wildman–Crippen MR) is 63.0 cm³/mol. The molecule has 0 aliphatic rings. The first-order valence-corrected chi connectivity index (χ1v) is 5.89. The highest BCUT2D eigenvalue weighted by molar-refractivity contribution is 7.09. The van der Waals surface area contributed by atoms with Crippen LogP contribution in [0.2, 0.25) is 0 Å². The fourth-order valence-corrected chi connectivity index (χ4v) is 2.07. The molecule has 0 saturated carbocycles. The lowest BCUT2D eigenvalue weighted by molar-refractivity contribution is 0.337. The summed E-state index contributed by atoms with van der Waals surface area (Å²) in [6.45, 7) is 7.18. The fourth-order valence-electron chi connectivity index (χ4n) is 1.36. The van der Waals surface area contributed by atoms with Crippen LogP contribution in [0.15, 0.2) is 17.5 Å². The lowest BCUT2D eigenvalue weighted by Gasteiger charge is -2.28. The normalized spacial score (nSPS) is 10.6. The molecule has 0 unspecified atom stereocenters. The second kappa shape index (κ2) is 5.15. The molecular formula is C11H18N2S. The second-order valence-electron chi connectivity index (χ2n) is 3.60. The van der Waals surface area contributed by atoms with Gasteiger partial charge in [0.2, 0.25) is 0 Å². The average Bonchev–Trinajstić information content (AvgIpc) is 2.65. The van der Waals surface area contributed by atoms with Crippen LogP contribution in [0.25, 0.3) is 0 Å². The maximum absolute atomic E-state index is 7.86. The molecule has 1 aromatic rings. The predicted octanol–water partition coefficient (Wildman–Crippen LogP) is 3.35. The van der Waals surface area contributed by atoms with Gasteiger partial charge in [-0.05, 0) is 25.3 Å². The van der Waals surface area contributed by atoms with Gasteiger partial charge in [-0.25, -0.2) is 0 Å². The van der Waals surface area contributed by atoms with Crippen molar-refractivity contribution in [3.05, 3.63) is 22.4 Å². The molecule has 1 heterocycles. The van der Waals surface area contributed by atoms with Crippen LogP contribution in [0, 0.1) is 5.41 Å². The topological polar surface area (TPSA) is 27.1 Å². The molecule has 1 rings (SSSR count). The molecule has 2 nitrogen and oxygen atoms in total. The minimum atomic E-state index is 0.407. The summed E-state index contributed by atoms with van der Waals surface area (Å²) in [5, 5.41) is 9.94. The largest absolute Gasteiger partial charge is 0.353 e. The Kier molecular flexibility index (Phi) is 4.14. The Morgan fingerprint density at radius 2 is 2.29 bits per heavy atom. The van der Waals surface area contributed by atoms with Crippen LogP contribution in [-0.4, -0.2) is 16.8 Å². The van der Waals surface area contributed by atoms with Crippen LogP contribution in [0.1, 0.15) is 32.1 Å². The van der Waals surface area contributed by atoms with E-state index in [1.165, 1.54) is 4.88 Å². The maximum atomic E-state index is 7.86. The third-order valence-electron chi connectivity index (χ3n) is 2.21. The zero-order valence-electron chi connectivity index (χ0n) is 9.08. The van der Waals surface area contributed by atoms with Crippen molar-refractivity contribution in [2.24, 2.45) is 0 Å². The van der Waals surface area contributed by atoms with E-state index in [2.05, 4.69) is 36.3 Å². The summed E-state index contributed by atoms with van der Waals surface area (Å²) in [6, 6.07) is 4.60. The van der Waals surface area contributed by atoms with Gasteiger partial charge in [0.05, 0.1) is 12.4 Å². The first-order chi connectivity index (χ1) is 6.65. The molecule has 3 heteroatoms. The van der Waals surface area contributed by atoms with E-state index in [4.69, 9.17) is 5.41 Å². The minimum absolute atomic E-state index is 0.407. The van der Waals surface area contributed by atoms with Gasteiger partial charge in [0, 0.05) is 17.3 Å². The molecule has 1 N–H and O–H groups in total. The number of nitrogens with zero attached hydrogens (tertiary/aromatic N) is 1. The summed E-state index contributed by atoms with van der Waals surface area (Å²) in [4.78, 5) is 3.48. The van der Waals surface area contributed by atoms with Crippen LogP contribution in [0.3, 0.4) is 0 Å². The Morgan fingerprint density at radius 1 is 1.57 bits per heavy atom. The Morgan fingerprint density at radius 3 is 2.71 bits per heavy atom. The Balaban J connectivity index is 2.65. The Hall–Kier alpha value is -0.830. The van der Waals surface area contributed by atoms with E-state index >= 15 is 0 Å². The molecule has 0 spiro atoms. The first kappa shape index (κ1) is 11.2. The standard InChI is InChI=1S/C11H18N2S/c1-4-11(12)13(9(2)3)8-10-6-5-7-14-10/h5-7,9,12H,4,8H2,1-3H3. The summed E-state index contributed by atoms with van der Waals surface area (Å²) < 4.78 is 0. The lowest BCUT2D eigenvalue weighted by atomic mass is 10.2. The van der Waals surface area contributed by atoms with Crippen molar-refractivity contribution in [3.8, 4) is 0 Å². The maximum Gasteiger partial charge on any atom is 0.0960 e. The third-order valence-corrected chi connectivity index (χ3v) is 3.07. The average molecular weight is 210 g/mol. The van der Waals surface area contributed by atoms with Crippen LogP contribution >= 0.6 is 11.3 Å². The minimum Gasteiger partial charge on any atom is -0.353 e. The van der Waals surface area contributed by atoms with Gasteiger partial charge in [-0.3, -0.25) is 5.41 Å². The number of rotatable bonds is 4. The van der Waals surface area contributed by atoms with Gasteiger partial charge in [0.1, 0.15) is 0 Å². The highest BCUT2D eigenvalue weighted by atomic mass is 32.1. The van der Waals surface area contributed by atoms with Gasteiger partial charge < -0.3 is 4.90 Å². The van der Waals surface area contributed by atoms with Gasteiger partial charge in [-0.2, -0.15) is 0 Å². The lowest BCUT2D eigenvalue weighted by Crippen LogP contribution is -2.35. The van der Waals surface area contributed by atoms with E-state index in [0.717, 1.165) is 18.8 Å². The number of nitrogens with one attached hydrogen (secondary N) is 1. The molecule has 0 atom stereocenters. The summed E-state index contributed by atoms with van der Waals surface area (Å²) in [7, 11) is 0. The Labute approximate surface area is 90.1 Å². The van der Waals surface area contributed by atoms with Crippen molar-refractivity contribution < 1.29 is 0 Å². The van der Waals surface area contributed by atoms with Gasteiger partial charge in [0.15, 0.2) is 0 Å².